The lowest BCUT2D eigenvalue weighted by atomic mass is 9.86. The van der Waals surface area contributed by atoms with E-state index >= 15 is 0 Å². The number of anilines is 1. The van der Waals surface area contributed by atoms with Gasteiger partial charge < -0.3 is 5.32 Å². The fourth-order valence-electron chi connectivity index (χ4n) is 3.74. The molecule has 1 amide bonds. The van der Waals surface area contributed by atoms with Gasteiger partial charge in [-0.15, -0.1) is 10.2 Å². The van der Waals surface area contributed by atoms with E-state index in [1.807, 2.05) is 22.8 Å². The number of hydrogen-bond donors (Lipinski definition) is 1. The number of aryl methyl sites for hydroxylation is 2. The average molecular weight is 471 g/mol. The Kier molecular flexibility index (Phi) is 6.89. The van der Waals surface area contributed by atoms with Crippen LogP contribution in [0.4, 0.5) is 5.69 Å². The predicted octanol–water partition coefficient (Wildman–Crippen LogP) is 6.58. The molecule has 0 aliphatic carbocycles. The van der Waals surface area contributed by atoms with E-state index in [2.05, 4.69) is 105 Å². The molecule has 0 fully saturated rings. The third-order valence-corrected chi connectivity index (χ3v) is 6.51. The molecule has 1 N–H and O–H groups in total. The number of nitrogens with one attached hydrogen (secondary N) is 1. The summed E-state index contributed by atoms with van der Waals surface area (Å²) in [5.74, 6) is 0.915. The van der Waals surface area contributed by atoms with Crippen molar-refractivity contribution in [3.8, 4) is 17.1 Å². The van der Waals surface area contributed by atoms with Gasteiger partial charge in [-0.2, -0.15) is 0 Å². The van der Waals surface area contributed by atoms with Gasteiger partial charge in [-0.25, -0.2) is 0 Å². The smallest absolute Gasteiger partial charge is 0.234 e. The van der Waals surface area contributed by atoms with Gasteiger partial charge in [0.05, 0.1) is 5.75 Å². The van der Waals surface area contributed by atoms with Crippen LogP contribution in [0.25, 0.3) is 17.1 Å². The van der Waals surface area contributed by atoms with Crippen molar-refractivity contribution in [3.05, 3.63) is 89.5 Å². The summed E-state index contributed by atoms with van der Waals surface area (Å²) in [6, 6.07) is 24.4. The van der Waals surface area contributed by atoms with Crippen LogP contribution in [0.3, 0.4) is 0 Å². The fraction of sp³-hybridized carbons (Fsp3) is 0.250. The lowest BCUT2D eigenvalue weighted by Crippen LogP contribution is -2.20. The standard InChI is InChI=1S/C28H30N4OS/c1-19-10-14-21(15-11-19)26-30-31-27(32(26)22-16-12-20(2)13-17-22)34-18-25(33)29-24-9-7-6-8-23(24)28(3,4)5/h6-17H,18H2,1-5H3,(H,29,33). The molecule has 0 atom stereocenters. The van der Waals surface area contributed by atoms with E-state index in [1.165, 1.54) is 22.9 Å². The number of hydrogen-bond acceptors (Lipinski definition) is 4. The lowest BCUT2D eigenvalue weighted by Gasteiger charge is -2.23. The Balaban J connectivity index is 1.60. The minimum atomic E-state index is -0.0722. The van der Waals surface area contributed by atoms with Crippen molar-refractivity contribution in [1.29, 1.82) is 0 Å². The molecule has 4 aromatic rings. The molecule has 6 heteroatoms. The minimum absolute atomic E-state index is 0.0639. The highest BCUT2D eigenvalue weighted by Crippen LogP contribution is 2.31. The molecule has 0 unspecified atom stereocenters. The summed E-state index contributed by atoms with van der Waals surface area (Å²) in [7, 11) is 0. The van der Waals surface area contributed by atoms with Crippen LogP contribution >= 0.6 is 11.8 Å². The predicted molar refractivity (Wildman–Crippen MR) is 141 cm³/mol. The zero-order valence-electron chi connectivity index (χ0n) is 20.3. The zero-order valence-corrected chi connectivity index (χ0v) is 21.1. The fourth-order valence-corrected chi connectivity index (χ4v) is 4.49. The Hall–Kier alpha value is -3.38. The Morgan fingerprint density at radius 2 is 1.50 bits per heavy atom. The number of carbonyl (C=O) groups excluding carboxylic acids is 1. The first kappa shape index (κ1) is 23.8. The van der Waals surface area contributed by atoms with Crippen molar-refractivity contribution >= 4 is 23.4 Å². The van der Waals surface area contributed by atoms with Gasteiger partial charge in [0.1, 0.15) is 0 Å². The summed E-state index contributed by atoms with van der Waals surface area (Å²) >= 11 is 1.38. The topological polar surface area (TPSA) is 59.8 Å². The number of aromatic nitrogens is 3. The van der Waals surface area contributed by atoms with Crippen molar-refractivity contribution < 1.29 is 4.79 Å². The maximum atomic E-state index is 12.9. The molecule has 0 aliphatic rings. The van der Waals surface area contributed by atoms with E-state index in [1.54, 1.807) is 0 Å². The molecule has 1 heterocycles. The first-order chi connectivity index (χ1) is 16.2. The number of nitrogens with zero attached hydrogens (tertiary/aromatic N) is 3. The van der Waals surface area contributed by atoms with Gasteiger partial charge in [0.2, 0.25) is 5.91 Å². The summed E-state index contributed by atoms with van der Waals surface area (Å²) < 4.78 is 2.02. The maximum absolute atomic E-state index is 12.9. The van der Waals surface area contributed by atoms with Crippen LogP contribution in [-0.4, -0.2) is 26.4 Å². The molecule has 0 spiro atoms. The minimum Gasteiger partial charge on any atom is -0.325 e. The molecule has 0 aliphatic heterocycles. The molecule has 0 saturated heterocycles. The van der Waals surface area contributed by atoms with Gasteiger partial charge in [0.25, 0.3) is 0 Å². The number of carbonyl (C=O) groups is 1. The van der Waals surface area contributed by atoms with E-state index in [0.29, 0.717) is 5.16 Å². The first-order valence-electron chi connectivity index (χ1n) is 11.3. The molecule has 5 nitrogen and oxygen atoms in total. The number of benzene rings is 3. The molecule has 3 aromatic carbocycles. The highest BCUT2D eigenvalue weighted by atomic mass is 32.2. The Labute approximate surface area is 205 Å². The summed E-state index contributed by atoms with van der Waals surface area (Å²) in [5.41, 5.74) is 6.21. The van der Waals surface area contributed by atoms with Crippen LogP contribution in [0.1, 0.15) is 37.5 Å². The average Bonchev–Trinajstić information content (AvgIpc) is 3.22. The summed E-state index contributed by atoms with van der Waals surface area (Å²) in [6.45, 7) is 10.6. The highest BCUT2D eigenvalue weighted by molar-refractivity contribution is 7.99. The quantitative estimate of drug-likeness (QED) is 0.323. The van der Waals surface area contributed by atoms with Crippen molar-refractivity contribution in [2.24, 2.45) is 0 Å². The lowest BCUT2D eigenvalue weighted by molar-refractivity contribution is -0.113. The molecular weight excluding hydrogens is 440 g/mol. The number of para-hydroxylation sites is 1. The van der Waals surface area contributed by atoms with Gasteiger partial charge >= 0.3 is 0 Å². The second kappa shape index (κ2) is 9.85. The van der Waals surface area contributed by atoms with Crippen molar-refractivity contribution in [2.45, 2.75) is 45.2 Å². The van der Waals surface area contributed by atoms with Gasteiger partial charge in [0.15, 0.2) is 11.0 Å². The second-order valence-corrected chi connectivity index (χ2v) is 10.4. The van der Waals surface area contributed by atoms with Crippen molar-refractivity contribution in [3.63, 3.8) is 0 Å². The molecule has 0 saturated carbocycles. The van der Waals surface area contributed by atoms with E-state index < -0.39 is 0 Å². The van der Waals surface area contributed by atoms with Crippen LogP contribution in [0, 0.1) is 13.8 Å². The van der Waals surface area contributed by atoms with Crippen LogP contribution in [0.5, 0.6) is 0 Å². The third-order valence-electron chi connectivity index (χ3n) is 5.58. The first-order valence-corrected chi connectivity index (χ1v) is 12.3. The van der Waals surface area contributed by atoms with Gasteiger partial charge in [0, 0.05) is 16.9 Å². The molecular formula is C28H30N4OS. The van der Waals surface area contributed by atoms with E-state index in [0.717, 1.165) is 28.3 Å². The Morgan fingerprint density at radius 1 is 0.882 bits per heavy atom. The Morgan fingerprint density at radius 3 is 2.15 bits per heavy atom. The van der Waals surface area contributed by atoms with Gasteiger partial charge in [-0.1, -0.05) is 98.3 Å². The third kappa shape index (κ3) is 5.39. The zero-order chi connectivity index (χ0) is 24.3. The Bertz CT molecular complexity index is 1290. The molecule has 174 valence electrons. The number of amides is 1. The van der Waals surface area contributed by atoms with Gasteiger partial charge in [-0.3, -0.25) is 9.36 Å². The summed E-state index contributed by atoms with van der Waals surface area (Å²) in [5, 5.41) is 12.7. The number of thioether (sulfide) groups is 1. The van der Waals surface area contributed by atoms with E-state index in [-0.39, 0.29) is 17.1 Å². The monoisotopic (exact) mass is 470 g/mol. The van der Waals surface area contributed by atoms with Crippen LogP contribution in [0.15, 0.2) is 78.0 Å². The van der Waals surface area contributed by atoms with Gasteiger partial charge in [-0.05, 0) is 43.0 Å². The molecule has 34 heavy (non-hydrogen) atoms. The highest BCUT2D eigenvalue weighted by Gasteiger charge is 2.20. The van der Waals surface area contributed by atoms with E-state index in [4.69, 9.17) is 0 Å². The second-order valence-electron chi connectivity index (χ2n) is 9.48. The number of rotatable bonds is 6. The molecule has 1 aromatic heterocycles. The summed E-state index contributed by atoms with van der Waals surface area (Å²) in [4.78, 5) is 12.9. The SMILES string of the molecule is Cc1ccc(-c2nnc(SCC(=O)Nc3ccccc3C(C)(C)C)n2-c2ccc(C)cc2)cc1. The van der Waals surface area contributed by atoms with Crippen LogP contribution < -0.4 is 5.32 Å². The van der Waals surface area contributed by atoms with Crippen molar-refractivity contribution in [1.82, 2.24) is 14.8 Å². The van der Waals surface area contributed by atoms with E-state index in [9.17, 15) is 4.79 Å². The molecule has 0 bridgehead atoms. The summed E-state index contributed by atoms with van der Waals surface area (Å²) in [6.07, 6.45) is 0. The van der Waals surface area contributed by atoms with Crippen LogP contribution in [-0.2, 0) is 10.2 Å². The van der Waals surface area contributed by atoms with Crippen molar-refractivity contribution in [2.75, 3.05) is 11.1 Å². The molecule has 0 radical (unpaired) electrons. The van der Waals surface area contributed by atoms with Crippen LogP contribution in [0.2, 0.25) is 0 Å². The largest absolute Gasteiger partial charge is 0.325 e. The maximum Gasteiger partial charge on any atom is 0.234 e. The normalized spacial score (nSPS) is 11.4. The molecule has 4 rings (SSSR count).